The molecule has 0 aliphatic heterocycles. The van der Waals surface area contributed by atoms with Crippen LogP contribution in [-0.4, -0.2) is 37.7 Å². The van der Waals surface area contributed by atoms with Crippen LogP contribution in [-0.2, 0) is 14.6 Å². The molecule has 1 atom stereocenters. The van der Waals surface area contributed by atoms with E-state index in [1.54, 1.807) is 0 Å². The van der Waals surface area contributed by atoms with E-state index in [0.717, 1.165) is 24.4 Å². The van der Waals surface area contributed by atoms with Gasteiger partial charge in [0.1, 0.15) is 5.75 Å². The zero-order valence-corrected chi connectivity index (χ0v) is 10.8. The summed E-state index contributed by atoms with van der Waals surface area (Å²) >= 11 is 3.28. The predicted molar refractivity (Wildman–Crippen MR) is 60.3 cm³/mol. The summed E-state index contributed by atoms with van der Waals surface area (Å²) in [6.07, 6.45) is 2.86. The Morgan fingerprint density at radius 1 is 1.50 bits per heavy atom. The second kappa shape index (κ2) is 6.40. The summed E-state index contributed by atoms with van der Waals surface area (Å²) < 4.78 is 21.5. The van der Waals surface area contributed by atoms with E-state index in [-0.39, 0.29) is 6.04 Å². The van der Waals surface area contributed by atoms with E-state index in [9.17, 15) is 13.2 Å². The highest BCUT2D eigenvalue weighted by Crippen LogP contribution is 1.99. The Kier molecular flexibility index (Phi) is 6.35. The lowest BCUT2D eigenvalue weighted by Crippen LogP contribution is -2.36. The number of alkyl halides is 1. The molecule has 0 fully saturated rings. The van der Waals surface area contributed by atoms with Gasteiger partial charge in [0.05, 0.1) is 0 Å². The highest BCUT2D eigenvalue weighted by atomic mass is 79.9. The Morgan fingerprint density at radius 2 is 2.07 bits per heavy atom. The highest BCUT2D eigenvalue weighted by Gasteiger charge is 2.12. The van der Waals surface area contributed by atoms with Gasteiger partial charge in [0, 0.05) is 17.6 Å². The SMILES string of the molecule is CC(CCCBr)NC(=O)CS(C)(=O)=O. The minimum Gasteiger partial charge on any atom is -0.353 e. The third-order valence-electron chi connectivity index (χ3n) is 1.57. The second-order valence-corrected chi connectivity index (χ2v) is 6.30. The largest absolute Gasteiger partial charge is 0.353 e. The molecule has 0 spiro atoms. The van der Waals surface area contributed by atoms with Crippen molar-refractivity contribution in [2.45, 2.75) is 25.8 Å². The predicted octanol–water partition coefficient (Wildman–Crippen LogP) is 0.711. The summed E-state index contributed by atoms with van der Waals surface area (Å²) in [5, 5.41) is 3.52. The van der Waals surface area contributed by atoms with Gasteiger partial charge in [-0.3, -0.25) is 4.79 Å². The van der Waals surface area contributed by atoms with Crippen LogP contribution in [0.5, 0.6) is 0 Å². The Bertz CT molecular complexity index is 276. The molecule has 14 heavy (non-hydrogen) atoms. The number of rotatable bonds is 6. The van der Waals surface area contributed by atoms with Gasteiger partial charge in [0.15, 0.2) is 9.84 Å². The molecule has 1 unspecified atom stereocenters. The molecular formula is C8H16BrNO3S. The van der Waals surface area contributed by atoms with Gasteiger partial charge in [-0.1, -0.05) is 15.9 Å². The third-order valence-corrected chi connectivity index (χ3v) is 2.92. The van der Waals surface area contributed by atoms with E-state index in [1.165, 1.54) is 0 Å². The van der Waals surface area contributed by atoms with Crippen LogP contribution >= 0.6 is 15.9 Å². The van der Waals surface area contributed by atoms with Gasteiger partial charge in [-0.25, -0.2) is 8.42 Å². The molecule has 0 saturated carbocycles. The van der Waals surface area contributed by atoms with Crippen LogP contribution in [0.1, 0.15) is 19.8 Å². The third kappa shape index (κ3) is 8.50. The lowest BCUT2D eigenvalue weighted by molar-refractivity contribution is -0.119. The fourth-order valence-electron chi connectivity index (χ4n) is 1.01. The fourth-order valence-corrected chi connectivity index (χ4v) is 1.89. The zero-order valence-electron chi connectivity index (χ0n) is 8.42. The molecule has 0 saturated heterocycles. The number of hydrogen-bond donors (Lipinski definition) is 1. The average molecular weight is 286 g/mol. The maximum Gasteiger partial charge on any atom is 0.235 e. The van der Waals surface area contributed by atoms with E-state index in [1.807, 2.05) is 6.92 Å². The number of amides is 1. The van der Waals surface area contributed by atoms with Crippen LogP contribution in [0.4, 0.5) is 0 Å². The number of hydrogen-bond acceptors (Lipinski definition) is 3. The summed E-state index contributed by atoms with van der Waals surface area (Å²) in [5.74, 6) is -0.847. The molecule has 0 aliphatic rings. The monoisotopic (exact) mass is 285 g/mol. The van der Waals surface area contributed by atoms with Crippen LogP contribution in [0, 0.1) is 0 Å². The van der Waals surface area contributed by atoms with E-state index in [2.05, 4.69) is 21.2 Å². The number of sulfone groups is 1. The van der Waals surface area contributed by atoms with Crippen molar-refractivity contribution in [2.24, 2.45) is 0 Å². The molecule has 4 nitrogen and oxygen atoms in total. The molecule has 0 bridgehead atoms. The van der Waals surface area contributed by atoms with Crippen molar-refractivity contribution in [2.75, 3.05) is 17.3 Å². The van der Waals surface area contributed by atoms with Gasteiger partial charge in [0.25, 0.3) is 0 Å². The van der Waals surface area contributed by atoms with Crippen LogP contribution in [0.25, 0.3) is 0 Å². The molecule has 84 valence electrons. The molecular weight excluding hydrogens is 270 g/mol. The standard InChI is InChI=1S/C8H16BrNO3S/c1-7(4-3-5-9)10-8(11)6-14(2,12)13/h7H,3-6H2,1-2H3,(H,10,11). The Balaban J connectivity index is 3.83. The van der Waals surface area contributed by atoms with Crippen molar-refractivity contribution in [3.63, 3.8) is 0 Å². The second-order valence-electron chi connectivity index (χ2n) is 3.37. The summed E-state index contributed by atoms with van der Waals surface area (Å²) in [6.45, 7) is 1.86. The number of carbonyl (C=O) groups excluding carboxylic acids is 1. The minimum atomic E-state index is -3.21. The Morgan fingerprint density at radius 3 is 2.50 bits per heavy atom. The van der Waals surface area contributed by atoms with E-state index >= 15 is 0 Å². The van der Waals surface area contributed by atoms with Crippen molar-refractivity contribution >= 4 is 31.7 Å². The van der Waals surface area contributed by atoms with Crippen LogP contribution < -0.4 is 5.32 Å². The first-order valence-corrected chi connectivity index (χ1v) is 7.56. The summed E-state index contributed by atoms with van der Waals surface area (Å²) in [7, 11) is -3.21. The fraction of sp³-hybridized carbons (Fsp3) is 0.875. The summed E-state index contributed by atoms with van der Waals surface area (Å²) in [6, 6.07) is 0.0294. The Hall–Kier alpha value is -0.100. The smallest absolute Gasteiger partial charge is 0.235 e. The Labute approximate surface area is 93.5 Å². The molecule has 0 rings (SSSR count). The van der Waals surface area contributed by atoms with Gasteiger partial charge >= 0.3 is 0 Å². The molecule has 1 N–H and O–H groups in total. The van der Waals surface area contributed by atoms with Crippen molar-refractivity contribution in [1.82, 2.24) is 5.32 Å². The quantitative estimate of drug-likeness (QED) is 0.731. The van der Waals surface area contributed by atoms with Gasteiger partial charge in [-0.15, -0.1) is 0 Å². The number of nitrogens with one attached hydrogen (secondary N) is 1. The van der Waals surface area contributed by atoms with Gasteiger partial charge < -0.3 is 5.32 Å². The first-order valence-electron chi connectivity index (χ1n) is 4.38. The van der Waals surface area contributed by atoms with E-state index in [4.69, 9.17) is 0 Å². The van der Waals surface area contributed by atoms with Gasteiger partial charge in [-0.2, -0.15) is 0 Å². The van der Waals surface area contributed by atoms with E-state index < -0.39 is 21.5 Å². The molecule has 0 aromatic carbocycles. The van der Waals surface area contributed by atoms with Crippen molar-refractivity contribution in [3.05, 3.63) is 0 Å². The molecule has 0 aliphatic carbocycles. The number of carbonyl (C=O) groups is 1. The van der Waals surface area contributed by atoms with E-state index in [0.29, 0.717) is 0 Å². The normalized spacial score (nSPS) is 13.6. The maximum atomic E-state index is 11.1. The van der Waals surface area contributed by atoms with Crippen LogP contribution in [0.15, 0.2) is 0 Å². The lowest BCUT2D eigenvalue weighted by atomic mass is 10.2. The first kappa shape index (κ1) is 13.9. The summed E-state index contributed by atoms with van der Waals surface area (Å²) in [5.41, 5.74) is 0. The van der Waals surface area contributed by atoms with Crippen LogP contribution in [0.3, 0.4) is 0 Å². The van der Waals surface area contributed by atoms with Crippen molar-refractivity contribution in [3.8, 4) is 0 Å². The van der Waals surface area contributed by atoms with Gasteiger partial charge in [-0.05, 0) is 19.8 Å². The number of halogens is 1. The van der Waals surface area contributed by atoms with Gasteiger partial charge in [0.2, 0.25) is 5.91 Å². The average Bonchev–Trinajstić information content (AvgIpc) is 1.96. The maximum absolute atomic E-state index is 11.1. The minimum absolute atomic E-state index is 0.0294. The van der Waals surface area contributed by atoms with Crippen LogP contribution in [0.2, 0.25) is 0 Å². The topological polar surface area (TPSA) is 63.2 Å². The molecule has 0 aromatic rings. The molecule has 0 heterocycles. The molecule has 0 radical (unpaired) electrons. The molecule has 0 aromatic heterocycles. The molecule has 1 amide bonds. The first-order chi connectivity index (χ1) is 6.35. The highest BCUT2D eigenvalue weighted by molar-refractivity contribution is 9.09. The molecule has 6 heteroatoms. The van der Waals surface area contributed by atoms with Crippen molar-refractivity contribution < 1.29 is 13.2 Å². The zero-order chi connectivity index (χ0) is 11.2. The lowest BCUT2D eigenvalue weighted by Gasteiger charge is -2.12. The summed E-state index contributed by atoms with van der Waals surface area (Å²) in [4.78, 5) is 11.1. The van der Waals surface area contributed by atoms with Crippen molar-refractivity contribution in [1.29, 1.82) is 0 Å².